The zero-order valence-electron chi connectivity index (χ0n) is 23.1. The van der Waals surface area contributed by atoms with Gasteiger partial charge in [0.15, 0.2) is 8.07 Å². The monoisotopic (exact) mass is 632 g/mol. The van der Waals surface area contributed by atoms with Crippen molar-refractivity contribution in [1.29, 1.82) is 0 Å². The van der Waals surface area contributed by atoms with Crippen LogP contribution in [0.3, 0.4) is 0 Å². The summed E-state index contributed by atoms with van der Waals surface area (Å²) in [4.78, 5) is 0. The standard InChI is InChI=1S/C36H20F8Si/c37-25-9-23(10-26(38)13-25)21-1-5-33(6-2-21)45(35-17-29(41)15-30(42)18-35,36-19-31(43)16-32(44)20-36)34-7-3-22(4-8-34)24-11-27(39)14-28(40)12-24/h1-20H. The van der Waals surface area contributed by atoms with Crippen molar-refractivity contribution in [3.8, 4) is 22.3 Å². The van der Waals surface area contributed by atoms with Gasteiger partial charge in [-0.3, -0.25) is 0 Å². The number of halogens is 8. The first-order valence-electron chi connectivity index (χ1n) is 13.6. The van der Waals surface area contributed by atoms with Crippen molar-refractivity contribution >= 4 is 28.8 Å². The Morgan fingerprint density at radius 3 is 0.756 bits per heavy atom. The summed E-state index contributed by atoms with van der Waals surface area (Å²) >= 11 is 0. The van der Waals surface area contributed by atoms with Gasteiger partial charge in [0.1, 0.15) is 46.5 Å². The van der Waals surface area contributed by atoms with Crippen LogP contribution in [0.15, 0.2) is 121 Å². The van der Waals surface area contributed by atoms with Gasteiger partial charge >= 0.3 is 0 Å². The maximum Gasteiger partial charge on any atom is 0.180 e. The van der Waals surface area contributed by atoms with E-state index in [-0.39, 0.29) is 21.5 Å². The van der Waals surface area contributed by atoms with Gasteiger partial charge in [-0.05, 0) is 91.5 Å². The van der Waals surface area contributed by atoms with Gasteiger partial charge in [-0.25, -0.2) is 35.1 Å². The van der Waals surface area contributed by atoms with Gasteiger partial charge in [0.25, 0.3) is 0 Å². The van der Waals surface area contributed by atoms with E-state index in [0.717, 1.165) is 60.7 Å². The normalized spacial score (nSPS) is 11.6. The fraction of sp³-hybridized carbons (Fsp3) is 0. The largest absolute Gasteiger partial charge is 0.207 e. The van der Waals surface area contributed by atoms with E-state index in [4.69, 9.17) is 0 Å². The second-order valence-corrected chi connectivity index (χ2v) is 14.3. The van der Waals surface area contributed by atoms with Gasteiger partial charge in [0, 0.05) is 24.3 Å². The summed E-state index contributed by atoms with van der Waals surface area (Å²) in [5.74, 6) is -6.84. The second kappa shape index (κ2) is 11.8. The molecule has 0 heterocycles. The van der Waals surface area contributed by atoms with E-state index in [1.54, 1.807) is 48.5 Å². The van der Waals surface area contributed by atoms with Gasteiger partial charge in [-0.2, -0.15) is 0 Å². The molecule has 0 amide bonds. The Hall–Kier alpha value is -5.02. The van der Waals surface area contributed by atoms with E-state index in [9.17, 15) is 35.1 Å². The third-order valence-electron chi connectivity index (χ3n) is 7.62. The molecule has 0 fully saturated rings. The smallest absolute Gasteiger partial charge is 0.180 e. The van der Waals surface area contributed by atoms with Crippen LogP contribution in [0.2, 0.25) is 0 Å². The van der Waals surface area contributed by atoms with Gasteiger partial charge in [0.05, 0.1) is 0 Å². The number of rotatable bonds is 6. The number of hydrogen-bond acceptors (Lipinski definition) is 0. The molecule has 0 bridgehead atoms. The van der Waals surface area contributed by atoms with E-state index in [2.05, 4.69) is 0 Å². The lowest BCUT2D eigenvalue weighted by atomic mass is 10.1. The summed E-state index contributed by atoms with van der Waals surface area (Å²) in [7, 11) is -3.97. The van der Waals surface area contributed by atoms with Crippen LogP contribution in [-0.2, 0) is 0 Å². The summed E-state index contributed by atoms with van der Waals surface area (Å²) in [6, 6.07) is 24.4. The third kappa shape index (κ3) is 5.91. The van der Waals surface area contributed by atoms with E-state index in [1.807, 2.05) is 0 Å². The molecule has 0 atom stereocenters. The summed E-state index contributed by atoms with van der Waals surface area (Å²) in [6.07, 6.45) is 0. The van der Waals surface area contributed by atoms with Crippen LogP contribution in [-0.4, -0.2) is 8.07 Å². The molecular formula is C36H20F8Si. The quantitative estimate of drug-likeness (QED) is 0.101. The van der Waals surface area contributed by atoms with Gasteiger partial charge in [-0.1, -0.05) is 48.5 Å². The molecule has 6 aromatic carbocycles. The average Bonchev–Trinajstić information content (AvgIpc) is 2.96. The minimum atomic E-state index is -3.97. The topological polar surface area (TPSA) is 0 Å². The average molecular weight is 633 g/mol. The van der Waals surface area contributed by atoms with E-state index >= 15 is 0 Å². The zero-order chi connectivity index (χ0) is 31.9. The highest BCUT2D eigenvalue weighted by molar-refractivity contribution is 7.19. The molecule has 6 rings (SSSR count). The van der Waals surface area contributed by atoms with Crippen LogP contribution >= 0.6 is 0 Å². The van der Waals surface area contributed by atoms with Gasteiger partial charge in [-0.15, -0.1) is 0 Å². The molecule has 0 nitrogen and oxygen atoms in total. The first-order valence-corrected chi connectivity index (χ1v) is 15.6. The van der Waals surface area contributed by atoms with E-state index in [0.29, 0.717) is 33.6 Å². The predicted molar refractivity (Wildman–Crippen MR) is 161 cm³/mol. The summed E-state index contributed by atoms with van der Waals surface area (Å²) in [6.45, 7) is 0. The lowest BCUT2D eigenvalue weighted by Crippen LogP contribution is -2.75. The van der Waals surface area contributed by atoms with Crippen molar-refractivity contribution in [2.45, 2.75) is 0 Å². The molecule has 0 radical (unpaired) electrons. The van der Waals surface area contributed by atoms with Crippen molar-refractivity contribution in [3.63, 3.8) is 0 Å². The Balaban J connectivity index is 1.64. The number of benzene rings is 6. The van der Waals surface area contributed by atoms with Crippen LogP contribution in [0.5, 0.6) is 0 Å². The predicted octanol–water partition coefficient (Wildman–Crippen LogP) is 7.51. The van der Waals surface area contributed by atoms with Crippen molar-refractivity contribution in [1.82, 2.24) is 0 Å². The van der Waals surface area contributed by atoms with E-state index in [1.165, 1.54) is 0 Å². The summed E-state index contributed by atoms with van der Waals surface area (Å²) < 4.78 is 115. The molecule has 224 valence electrons. The maximum atomic E-state index is 14.9. The SMILES string of the molecule is Fc1cc(F)cc(-c2ccc([Si](c3ccc(-c4cc(F)cc(F)c4)cc3)(c3cc(F)cc(F)c3)c3cc(F)cc(F)c3)cc2)c1. The fourth-order valence-corrected chi connectivity index (χ4v) is 10.6. The first kappa shape index (κ1) is 30.0. The molecule has 0 unspecified atom stereocenters. The highest BCUT2D eigenvalue weighted by atomic mass is 28.3. The second-order valence-electron chi connectivity index (χ2n) is 10.5. The van der Waals surface area contributed by atoms with Crippen molar-refractivity contribution in [3.05, 3.63) is 168 Å². The number of hydrogen-bond donors (Lipinski definition) is 0. The molecule has 0 saturated heterocycles. The van der Waals surface area contributed by atoms with Gasteiger partial charge in [0.2, 0.25) is 0 Å². The summed E-state index contributed by atoms with van der Waals surface area (Å²) in [5.41, 5.74) is 1.29. The zero-order valence-corrected chi connectivity index (χ0v) is 24.1. The van der Waals surface area contributed by atoms with Crippen molar-refractivity contribution < 1.29 is 35.1 Å². The van der Waals surface area contributed by atoms with E-state index < -0.39 is 54.6 Å². The summed E-state index contributed by atoms with van der Waals surface area (Å²) in [5, 5.41) is 1.09. The lowest BCUT2D eigenvalue weighted by Gasteiger charge is -2.34. The van der Waals surface area contributed by atoms with Crippen LogP contribution in [0, 0.1) is 46.5 Å². The van der Waals surface area contributed by atoms with Gasteiger partial charge < -0.3 is 0 Å². The van der Waals surface area contributed by atoms with Crippen LogP contribution in [0.1, 0.15) is 0 Å². The van der Waals surface area contributed by atoms with Crippen LogP contribution < -0.4 is 20.7 Å². The Kier molecular flexibility index (Phi) is 7.88. The molecule has 0 aliphatic heterocycles. The molecule has 0 spiro atoms. The van der Waals surface area contributed by atoms with Crippen molar-refractivity contribution in [2.24, 2.45) is 0 Å². The Bertz CT molecular complexity index is 1810. The molecule has 0 aliphatic carbocycles. The molecule has 9 heteroatoms. The fourth-order valence-electron chi connectivity index (χ4n) is 5.81. The molecule has 6 aromatic rings. The van der Waals surface area contributed by atoms with Crippen molar-refractivity contribution in [2.75, 3.05) is 0 Å². The van der Waals surface area contributed by atoms with Crippen LogP contribution in [0.4, 0.5) is 35.1 Å². The lowest BCUT2D eigenvalue weighted by molar-refractivity contribution is 0.583. The highest BCUT2D eigenvalue weighted by Gasteiger charge is 2.43. The Labute approximate surface area is 253 Å². The molecule has 0 saturated carbocycles. The highest BCUT2D eigenvalue weighted by Crippen LogP contribution is 2.24. The molecule has 45 heavy (non-hydrogen) atoms. The Morgan fingerprint density at radius 2 is 0.489 bits per heavy atom. The molecular weight excluding hydrogens is 612 g/mol. The Morgan fingerprint density at radius 1 is 0.244 bits per heavy atom. The molecule has 0 N–H and O–H groups in total. The maximum absolute atomic E-state index is 14.9. The minimum Gasteiger partial charge on any atom is -0.207 e. The molecule has 0 aliphatic rings. The first-order chi connectivity index (χ1) is 21.5. The third-order valence-corrected chi connectivity index (χ3v) is 12.3. The van der Waals surface area contributed by atoms with Crippen LogP contribution in [0.25, 0.3) is 22.3 Å². The minimum absolute atomic E-state index is 0.110. The molecule has 0 aromatic heterocycles.